The fourth-order valence-electron chi connectivity index (χ4n) is 0.534. The van der Waals surface area contributed by atoms with Gasteiger partial charge in [0.05, 0.1) is 0 Å². The van der Waals surface area contributed by atoms with Gasteiger partial charge in [0.25, 0.3) is 0 Å². The summed E-state index contributed by atoms with van der Waals surface area (Å²) in [5.74, 6) is 0. The molecule has 0 heterocycles. The Morgan fingerprint density at radius 3 is 1.91 bits per heavy atom. The first kappa shape index (κ1) is 10.2. The minimum atomic E-state index is -2.37. The van der Waals surface area contributed by atoms with Gasteiger partial charge in [0.1, 0.15) is 0 Å². The highest BCUT2D eigenvalue weighted by atomic mass is 31.1. The number of hydrogen-bond acceptors (Lipinski definition) is 1. The van der Waals surface area contributed by atoms with Gasteiger partial charge in [0.2, 0.25) is 0 Å². The molecule has 1 aromatic carbocycles. The molecule has 0 aliphatic rings. The molecule has 0 aromatic heterocycles. The van der Waals surface area contributed by atoms with Crippen molar-refractivity contribution >= 4 is 8.18 Å². The van der Waals surface area contributed by atoms with Gasteiger partial charge in [-0.25, -0.2) is 0 Å². The van der Waals surface area contributed by atoms with Crippen LogP contribution < -0.4 is 5.50 Å². The number of aryl methyl sites for hydroxylation is 1. The molecule has 3 N–H and O–H groups in total. The average Bonchev–Trinajstić information content (AvgIpc) is 1.87. The molecule has 0 amide bonds. The summed E-state index contributed by atoms with van der Waals surface area (Å²) in [6, 6.07) is 10.3. The van der Waals surface area contributed by atoms with Crippen molar-refractivity contribution in [3.63, 3.8) is 0 Å². The van der Waals surface area contributed by atoms with Gasteiger partial charge in [0.15, 0.2) is 0 Å². The lowest BCUT2D eigenvalue weighted by Crippen LogP contribution is -1.68. The van der Waals surface area contributed by atoms with Crippen LogP contribution >= 0.6 is 8.18 Å². The zero-order valence-electron chi connectivity index (χ0n) is 6.27. The quantitative estimate of drug-likeness (QED) is 0.584. The van der Waals surface area contributed by atoms with Crippen LogP contribution in [0.3, 0.4) is 0 Å². The van der Waals surface area contributed by atoms with Crippen LogP contribution in [0.2, 0.25) is 0 Å². The zero-order chi connectivity index (χ0) is 8.69. The third-order valence-electron chi connectivity index (χ3n) is 0.940. The summed E-state index contributed by atoms with van der Waals surface area (Å²) in [5, 5.41) is 0. The molecule has 4 heteroatoms. The third-order valence-corrected chi connectivity index (χ3v) is 0.940. The van der Waals surface area contributed by atoms with Crippen molar-refractivity contribution in [3.05, 3.63) is 35.9 Å². The van der Waals surface area contributed by atoms with Crippen LogP contribution in [0.4, 0.5) is 0 Å². The highest BCUT2D eigenvalue weighted by Crippen LogP contribution is 1.92. The van der Waals surface area contributed by atoms with Crippen molar-refractivity contribution in [3.8, 4) is 0 Å². The molecule has 3 nitrogen and oxygen atoms in total. The number of rotatable bonds is 0. The lowest BCUT2D eigenvalue weighted by Gasteiger charge is -1.82. The second-order valence-corrected chi connectivity index (χ2v) is 2.56. The lowest BCUT2D eigenvalue weighted by atomic mass is 10.2. The van der Waals surface area contributed by atoms with E-state index in [9.17, 15) is 0 Å². The normalized spacial score (nSPS) is 9.55. The Balaban J connectivity index is 0.000000218. The third kappa shape index (κ3) is 9.24. The molecular weight excluding hydrogens is 161 g/mol. The first-order valence-electron chi connectivity index (χ1n) is 3.05. The lowest BCUT2D eigenvalue weighted by molar-refractivity contribution is 0.504. The highest BCUT2D eigenvalue weighted by molar-refractivity contribution is 7.35. The molecule has 0 saturated heterocycles. The Bertz CT molecular complexity index is 209. The van der Waals surface area contributed by atoms with Gasteiger partial charge < -0.3 is 0 Å². The molecule has 0 spiro atoms. The van der Waals surface area contributed by atoms with E-state index in [4.69, 9.17) is 9.46 Å². The van der Waals surface area contributed by atoms with Crippen LogP contribution in [0, 0.1) is 6.92 Å². The molecule has 1 aromatic rings. The van der Waals surface area contributed by atoms with E-state index in [0.29, 0.717) is 0 Å². The van der Waals surface area contributed by atoms with Crippen LogP contribution in [0.1, 0.15) is 5.56 Å². The van der Waals surface area contributed by atoms with E-state index < -0.39 is 8.18 Å². The molecule has 0 radical (unpaired) electrons. The molecule has 0 aliphatic heterocycles. The van der Waals surface area contributed by atoms with Crippen molar-refractivity contribution in [1.82, 2.24) is 0 Å². The van der Waals surface area contributed by atoms with Gasteiger partial charge >= 0.3 is 8.18 Å². The molecule has 0 bridgehead atoms. The van der Waals surface area contributed by atoms with E-state index in [-0.39, 0.29) is 0 Å². The Kier molecular flexibility index (Phi) is 5.57. The molecular formula is C7H11NO2P+. The topological polar surface area (TPSA) is 63.3 Å². The smallest absolute Gasteiger partial charge is 0.144 e. The largest absolute Gasteiger partial charge is 0.607 e. The van der Waals surface area contributed by atoms with Gasteiger partial charge in [0, 0.05) is 0 Å². The van der Waals surface area contributed by atoms with E-state index in [1.807, 2.05) is 18.2 Å². The summed E-state index contributed by atoms with van der Waals surface area (Å²) in [6.07, 6.45) is 0. The molecule has 0 saturated carbocycles. The van der Waals surface area contributed by atoms with Crippen molar-refractivity contribution < 1.29 is 9.46 Å². The zero-order valence-corrected chi connectivity index (χ0v) is 7.16. The number of nitrogens with two attached hydrogens (primary N) is 1. The SMILES string of the molecule is Cc1ccccc1.N[P+](=O)O. The summed E-state index contributed by atoms with van der Waals surface area (Å²) < 4.78 is 8.93. The van der Waals surface area contributed by atoms with Crippen molar-refractivity contribution in [2.75, 3.05) is 0 Å². The van der Waals surface area contributed by atoms with Gasteiger partial charge in [-0.3, -0.25) is 0 Å². The maximum absolute atomic E-state index is 8.93. The molecule has 60 valence electrons. The Labute approximate surface area is 66.8 Å². The summed E-state index contributed by atoms with van der Waals surface area (Å²) >= 11 is 0. The second kappa shape index (κ2) is 5.98. The minimum Gasteiger partial charge on any atom is -0.144 e. The second-order valence-electron chi connectivity index (χ2n) is 1.96. The Morgan fingerprint density at radius 2 is 1.73 bits per heavy atom. The first-order chi connectivity index (χ1) is 5.13. The van der Waals surface area contributed by atoms with Gasteiger partial charge in [-0.15, -0.1) is 4.89 Å². The standard InChI is InChI=1S/C7H8.H2NO2P/c1-7-5-3-2-4-6-7;1-4(2)3/h2-6H,1H3;(H2-,1,2,3)/p+1. The number of hydrogen-bond donors (Lipinski definition) is 2. The minimum absolute atomic E-state index is 1.32. The first-order valence-corrected chi connectivity index (χ1v) is 4.33. The molecule has 1 unspecified atom stereocenters. The number of benzene rings is 1. The Hall–Kier alpha value is -0.760. The maximum atomic E-state index is 8.93. The average molecular weight is 172 g/mol. The van der Waals surface area contributed by atoms with Crippen molar-refractivity contribution in [2.24, 2.45) is 5.50 Å². The molecule has 1 atom stereocenters. The highest BCUT2D eigenvalue weighted by Gasteiger charge is 1.88. The van der Waals surface area contributed by atoms with Crippen LogP contribution in [-0.4, -0.2) is 4.89 Å². The van der Waals surface area contributed by atoms with Crippen molar-refractivity contribution in [1.29, 1.82) is 0 Å². The predicted octanol–water partition coefficient (Wildman–Crippen LogP) is 1.59. The van der Waals surface area contributed by atoms with E-state index in [1.54, 1.807) is 0 Å². The van der Waals surface area contributed by atoms with Gasteiger partial charge in [-0.05, 0) is 11.5 Å². The van der Waals surface area contributed by atoms with Crippen molar-refractivity contribution in [2.45, 2.75) is 6.92 Å². The summed E-state index contributed by atoms with van der Waals surface area (Å²) in [6.45, 7) is 2.08. The summed E-state index contributed by atoms with van der Waals surface area (Å²) in [7, 11) is -2.37. The molecule has 0 fully saturated rings. The summed E-state index contributed by atoms with van der Waals surface area (Å²) in [5.41, 5.74) is 5.50. The fourth-order valence-corrected chi connectivity index (χ4v) is 0.534. The van der Waals surface area contributed by atoms with Crippen LogP contribution in [-0.2, 0) is 4.57 Å². The van der Waals surface area contributed by atoms with Crippen LogP contribution in [0.5, 0.6) is 0 Å². The van der Waals surface area contributed by atoms with Crippen LogP contribution in [0.15, 0.2) is 30.3 Å². The van der Waals surface area contributed by atoms with E-state index >= 15 is 0 Å². The van der Waals surface area contributed by atoms with E-state index in [1.165, 1.54) is 5.56 Å². The van der Waals surface area contributed by atoms with Gasteiger partial charge in [-0.2, -0.15) is 0 Å². The Morgan fingerprint density at radius 1 is 1.36 bits per heavy atom. The van der Waals surface area contributed by atoms with Gasteiger partial charge in [-0.1, -0.05) is 41.4 Å². The summed E-state index contributed by atoms with van der Waals surface area (Å²) in [4.78, 5) is 7.34. The molecule has 0 aliphatic carbocycles. The molecule has 1 rings (SSSR count). The van der Waals surface area contributed by atoms with E-state index in [0.717, 1.165) is 0 Å². The van der Waals surface area contributed by atoms with E-state index in [2.05, 4.69) is 24.6 Å². The monoisotopic (exact) mass is 172 g/mol. The van der Waals surface area contributed by atoms with Crippen LogP contribution in [0.25, 0.3) is 0 Å². The molecule has 11 heavy (non-hydrogen) atoms. The maximum Gasteiger partial charge on any atom is 0.607 e. The predicted molar refractivity (Wildman–Crippen MR) is 45.2 cm³/mol. The fraction of sp³-hybridized carbons (Fsp3) is 0.143.